The van der Waals surface area contributed by atoms with E-state index < -0.39 is 20.1 Å². The van der Waals surface area contributed by atoms with Crippen LogP contribution >= 0.6 is 11.6 Å². The van der Waals surface area contributed by atoms with Crippen LogP contribution < -0.4 is 0 Å². The summed E-state index contributed by atoms with van der Waals surface area (Å²) in [6.45, 7) is 2.83. The van der Waals surface area contributed by atoms with Gasteiger partial charge in [-0.25, -0.2) is 8.42 Å². The molecule has 1 aromatic carbocycles. The Balaban J connectivity index is 3.11. The van der Waals surface area contributed by atoms with Gasteiger partial charge in [0.2, 0.25) is 0 Å². The topological polar surface area (TPSA) is 54.4 Å². The molecule has 16 heavy (non-hydrogen) atoms. The average Bonchev–Trinajstić information content (AvgIpc) is 2.29. The van der Waals surface area contributed by atoms with Gasteiger partial charge in [-0.05, 0) is 12.5 Å². The minimum absolute atomic E-state index is 0.100. The number of sulfone groups is 1. The maximum Gasteiger partial charge on any atom is 0.172 e. The van der Waals surface area contributed by atoms with Gasteiger partial charge in [-0.1, -0.05) is 48.9 Å². The van der Waals surface area contributed by atoms with Gasteiger partial charge in [0.05, 0.1) is 0 Å². The third-order valence-corrected chi connectivity index (χ3v) is 5.70. The highest BCUT2D eigenvalue weighted by Crippen LogP contribution is 2.36. The van der Waals surface area contributed by atoms with Crippen molar-refractivity contribution in [2.75, 3.05) is 5.75 Å². The Morgan fingerprint density at radius 2 is 1.88 bits per heavy atom. The van der Waals surface area contributed by atoms with E-state index in [4.69, 9.17) is 11.6 Å². The SMILES string of the molecule is CCS(=O)(=O)C(C)(Cl)C(O)c1ccccc1. The van der Waals surface area contributed by atoms with Gasteiger partial charge < -0.3 is 5.11 Å². The van der Waals surface area contributed by atoms with E-state index in [1.165, 1.54) is 13.8 Å². The second-order valence-corrected chi connectivity index (χ2v) is 7.37. The van der Waals surface area contributed by atoms with Gasteiger partial charge in [-0.15, -0.1) is 0 Å². The molecule has 3 nitrogen and oxygen atoms in total. The molecule has 2 unspecified atom stereocenters. The number of aliphatic hydroxyl groups is 1. The Labute approximate surface area is 101 Å². The zero-order valence-corrected chi connectivity index (χ0v) is 10.8. The van der Waals surface area contributed by atoms with Crippen molar-refractivity contribution in [3.63, 3.8) is 0 Å². The van der Waals surface area contributed by atoms with Crippen LogP contribution in [0, 0.1) is 0 Å². The van der Waals surface area contributed by atoms with E-state index >= 15 is 0 Å². The summed E-state index contributed by atoms with van der Waals surface area (Å²) in [6, 6.07) is 8.54. The number of rotatable bonds is 4. The van der Waals surface area contributed by atoms with Crippen LogP contribution in [0.15, 0.2) is 30.3 Å². The van der Waals surface area contributed by atoms with Crippen molar-refractivity contribution in [2.24, 2.45) is 0 Å². The molecule has 0 heterocycles. The predicted molar refractivity (Wildman–Crippen MR) is 65.1 cm³/mol. The minimum atomic E-state index is -3.53. The molecule has 0 aromatic heterocycles. The van der Waals surface area contributed by atoms with Crippen LogP contribution in [0.25, 0.3) is 0 Å². The molecule has 0 aliphatic rings. The van der Waals surface area contributed by atoms with Crippen molar-refractivity contribution in [2.45, 2.75) is 24.2 Å². The lowest BCUT2D eigenvalue weighted by Gasteiger charge is -2.27. The normalized spacial score (nSPS) is 17.8. The molecule has 1 N–H and O–H groups in total. The molecule has 5 heteroatoms. The fraction of sp³-hybridized carbons (Fsp3) is 0.455. The fourth-order valence-electron chi connectivity index (χ4n) is 1.39. The molecule has 0 aliphatic carbocycles. The van der Waals surface area contributed by atoms with Crippen molar-refractivity contribution in [3.05, 3.63) is 35.9 Å². The highest BCUT2D eigenvalue weighted by atomic mass is 35.5. The zero-order valence-electron chi connectivity index (χ0n) is 9.22. The van der Waals surface area contributed by atoms with Gasteiger partial charge in [-0.3, -0.25) is 0 Å². The molecule has 0 amide bonds. The second kappa shape index (κ2) is 4.73. The molecule has 90 valence electrons. The summed E-state index contributed by atoms with van der Waals surface area (Å²) < 4.78 is 21.8. The molecule has 0 radical (unpaired) electrons. The van der Waals surface area contributed by atoms with E-state index in [1.807, 2.05) is 0 Å². The number of halogens is 1. The standard InChI is InChI=1S/C11H15ClO3S/c1-3-16(14,15)11(2,12)10(13)9-7-5-4-6-8-9/h4-8,10,13H,3H2,1-2H3. The third-order valence-electron chi connectivity index (χ3n) is 2.59. The van der Waals surface area contributed by atoms with Crippen LogP contribution in [0.2, 0.25) is 0 Å². The minimum Gasteiger partial charge on any atom is -0.385 e. The monoisotopic (exact) mass is 262 g/mol. The summed E-state index contributed by atoms with van der Waals surface area (Å²) in [5.41, 5.74) is 0.497. The Morgan fingerprint density at radius 3 is 2.31 bits per heavy atom. The van der Waals surface area contributed by atoms with E-state index in [0.29, 0.717) is 5.56 Å². The second-order valence-electron chi connectivity index (χ2n) is 3.70. The van der Waals surface area contributed by atoms with Crippen LogP contribution in [0.3, 0.4) is 0 Å². The molecule has 0 aliphatic heterocycles. The number of aliphatic hydroxyl groups excluding tert-OH is 1. The molecule has 0 bridgehead atoms. The Kier molecular flexibility index (Phi) is 3.99. The number of hydrogen-bond donors (Lipinski definition) is 1. The Morgan fingerprint density at radius 1 is 1.38 bits per heavy atom. The summed E-state index contributed by atoms with van der Waals surface area (Å²) >= 11 is 5.98. The fourth-order valence-corrected chi connectivity index (χ4v) is 2.88. The van der Waals surface area contributed by atoms with E-state index in [2.05, 4.69) is 0 Å². The first kappa shape index (κ1) is 13.5. The molecular formula is C11H15ClO3S. The van der Waals surface area contributed by atoms with Crippen LogP contribution in [0.5, 0.6) is 0 Å². The van der Waals surface area contributed by atoms with Gasteiger partial charge >= 0.3 is 0 Å². The number of benzene rings is 1. The lowest BCUT2D eigenvalue weighted by atomic mass is 10.1. The molecular weight excluding hydrogens is 248 g/mol. The number of hydrogen-bond acceptors (Lipinski definition) is 3. The maximum absolute atomic E-state index is 11.7. The summed E-state index contributed by atoms with van der Waals surface area (Å²) in [7, 11) is -3.53. The molecule has 2 atom stereocenters. The van der Waals surface area contributed by atoms with Gasteiger partial charge in [0.15, 0.2) is 14.0 Å². The highest BCUT2D eigenvalue weighted by molar-refractivity contribution is 7.94. The van der Waals surface area contributed by atoms with Gasteiger partial charge in [-0.2, -0.15) is 0 Å². The number of alkyl halides is 1. The molecule has 0 spiro atoms. The summed E-state index contributed by atoms with van der Waals surface area (Å²) in [6.07, 6.45) is -1.24. The van der Waals surface area contributed by atoms with Gasteiger partial charge in [0.1, 0.15) is 6.10 Å². The van der Waals surface area contributed by atoms with Gasteiger partial charge in [0.25, 0.3) is 0 Å². The summed E-state index contributed by atoms with van der Waals surface area (Å²) in [5.74, 6) is -0.100. The molecule has 0 saturated heterocycles. The Bertz CT molecular complexity index is 440. The molecule has 1 rings (SSSR count). The van der Waals surface area contributed by atoms with E-state index in [-0.39, 0.29) is 5.75 Å². The van der Waals surface area contributed by atoms with Crippen LogP contribution in [0.4, 0.5) is 0 Å². The Hall–Kier alpha value is -0.580. The first-order chi connectivity index (χ1) is 7.33. The molecule has 0 fully saturated rings. The quantitative estimate of drug-likeness (QED) is 0.846. The third kappa shape index (κ3) is 2.39. The van der Waals surface area contributed by atoms with Crippen molar-refractivity contribution in [1.82, 2.24) is 0 Å². The van der Waals surface area contributed by atoms with Crippen molar-refractivity contribution in [3.8, 4) is 0 Å². The summed E-state index contributed by atoms with van der Waals surface area (Å²) in [5, 5.41) is 10.0. The van der Waals surface area contributed by atoms with Crippen molar-refractivity contribution in [1.29, 1.82) is 0 Å². The first-order valence-electron chi connectivity index (χ1n) is 4.97. The summed E-state index contributed by atoms with van der Waals surface area (Å²) in [4.78, 5) is 0. The van der Waals surface area contributed by atoms with Crippen molar-refractivity contribution >= 4 is 21.4 Å². The predicted octanol–water partition coefficient (Wildman–Crippen LogP) is 2.11. The lowest BCUT2D eigenvalue weighted by molar-refractivity contribution is 0.162. The zero-order chi connectivity index (χ0) is 12.4. The highest BCUT2D eigenvalue weighted by Gasteiger charge is 2.43. The van der Waals surface area contributed by atoms with Crippen LogP contribution in [-0.2, 0) is 9.84 Å². The van der Waals surface area contributed by atoms with Crippen LogP contribution in [0.1, 0.15) is 25.5 Å². The van der Waals surface area contributed by atoms with E-state index in [9.17, 15) is 13.5 Å². The lowest BCUT2D eigenvalue weighted by Crippen LogP contribution is -2.37. The molecule has 1 aromatic rings. The molecule has 0 saturated carbocycles. The first-order valence-corrected chi connectivity index (χ1v) is 7.00. The van der Waals surface area contributed by atoms with E-state index in [1.54, 1.807) is 30.3 Å². The van der Waals surface area contributed by atoms with Crippen molar-refractivity contribution < 1.29 is 13.5 Å². The van der Waals surface area contributed by atoms with E-state index in [0.717, 1.165) is 0 Å². The van der Waals surface area contributed by atoms with Gasteiger partial charge in [0, 0.05) is 5.75 Å². The smallest absolute Gasteiger partial charge is 0.172 e. The van der Waals surface area contributed by atoms with Crippen LogP contribution in [-0.4, -0.2) is 23.5 Å². The maximum atomic E-state index is 11.7. The largest absolute Gasteiger partial charge is 0.385 e. The average molecular weight is 263 g/mol.